The zero-order valence-electron chi connectivity index (χ0n) is 11.1. The molecule has 0 bridgehead atoms. The highest BCUT2D eigenvalue weighted by atomic mass is 35.5. The second-order valence-corrected chi connectivity index (χ2v) is 4.61. The molecular formula is C14H13ClN4O. The minimum absolute atomic E-state index is 0.156. The summed E-state index contributed by atoms with van der Waals surface area (Å²) in [7, 11) is 1.56. The third-order valence-corrected chi connectivity index (χ3v) is 3.28. The maximum Gasteiger partial charge on any atom is 0.221 e. The van der Waals surface area contributed by atoms with Crippen molar-refractivity contribution in [1.82, 2.24) is 9.97 Å². The van der Waals surface area contributed by atoms with Gasteiger partial charge in [-0.2, -0.15) is 5.26 Å². The smallest absolute Gasteiger partial charge is 0.221 e. The maximum atomic E-state index is 8.90. The molecule has 0 fully saturated rings. The van der Waals surface area contributed by atoms with Gasteiger partial charge in [-0.3, -0.25) is 0 Å². The van der Waals surface area contributed by atoms with E-state index in [-0.39, 0.29) is 5.95 Å². The van der Waals surface area contributed by atoms with Crippen LogP contribution < -0.4 is 10.5 Å². The van der Waals surface area contributed by atoms with Crippen LogP contribution in [0.5, 0.6) is 5.75 Å². The van der Waals surface area contributed by atoms with Gasteiger partial charge in [0.25, 0.3) is 0 Å². The number of nitriles is 1. The summed E-state index contributed by atoms with van der Waals surface area (Å²) in [6.07, 6.45) is 0.514. The minimum atomic E-state index is 0.156. The van der Waals surface area contributed by atoms with Crippen molar-refractivity contribution in [2.24, 2.45) is 0 Å². The van der Waals surface area contributed by atoms with Crippen LogP contribution in [0.25, 0.3) is 0 Å². The van der Waals surface area contributed by atoms with E-state index in [0.29, 0.717) is 22.9 Å². The van der Waals surface area contributed by atoms with Gasteiger partial charge < -0.3 is 10.5 Å². The standard InChI is InChI=1S/C14H13ClN4O/c1-8-11(13(15)19-14(17)18-8)6-10-4-3-9(7-16)5-12(10)20-2/h3-5H,6H2,1-2H3,(H2,17,18,19). The molecule has 6 heteroatoms. The summed E-state index contributed by atoms with van der Waals surface area (Å²) in [5.41, 5.74) is 8.52. The van der Waals surface area contributed by atoms with Gasteiger partial charge in [0.05, 0.1) is 18.7 Å². The molecule has 0 aliphatic heterocycles. The van der Waals surface area contributed by atoms with E-state index < -0.39 is 0 Å². The van der Waals surface area contributed by atoms with E-state index >= 15 is 0 Å². The van der Waals surface area contributed by atoms with Crippen LogP contribution in [0.15, 0.2) is 18.2 Å². The highest BCUT2D eigenvalue weighted by Gasteiger charge is 2.13. The second-order valence-electron chi connectivity index (χ2n) is 4.25. The molecule has 1 aromatic heterocycles. The van der Waals surface area contributed by atoms with Gasteiger partial charge in [-0.15, -0.1) is 0 Å². The van der Waals surface area contributed by atoms with Gasteiger partial charge in [0.15, 0.2) is 0 Å². The fourth-order valence-electron chi connectivity index (χ4n) is 1.93. The largest absolute Gasteiger partial charge is 0.496 e. The van der Waals surface area contributed by atoms with Gasteiger partial charge in [0.1, 0.15) is 10.9 Å². The first-order valence-electron chi connectivity index (χ1n) is 5.90. The third-order valence-electron chi connectivity index (χ3n) is 2.96. The molecule has 0 atom stereocenters. The van der Waals surface area contributed by atoms with Crippen molar-refractivity contribution < 1.29 is 4.74 Å². The molecule has 102 valence electrons. The lowest BCUT2D eigenvalue weighted by atomic mass is 10.0. The second kappa shape index (κ2) is 5.76. The fourth-order valence-corrected chi connectivity index (χ4v) is 2.22. The lowest BCUT2D eigenvalue weighted by Gasteiger charge is -2.11. The monoisotopic (exact) mass is 288 g/mol. The molecule has 0 radical (unpaired) electrons. The van der Waals surface area contributed by atoms with Crippen molar-refractivity contribution in [3.05, 3.63) is 45.7 Å². The van der Waals surface area contributed by atoms with Gasteiger partial charge in [-0.25, -0.2) is 9.97 Å². The number of nitrogens with two attached hydrogens (primary N) is 1. The summed E-state index contributed by atoms with van der Waals surface area (Å²) in [4.78, 5) is 8.07. The van der Waals surface area contributed by atoms with Gasteiger partial charge in [0.2, 0.25) is 5.95 Å². The van der Waals surface area contributed by atoms with Crippen molar-refractivity contribution in [2.45, 2.75) is 13.3 Å². The van der Waals surface area contributed by atoms with E-state index in [9.17, 15) is 0 Å². The molecule has 2 rings (SSSR count). The Morgan fingerprint density at radius 3 is 2.75 bits per heavy atom. The van der Waals surface area contributed by atoms with E-state index in [4.69, 9.17) is 27.3 Å². The fraction of sp³-hybridized carbons (Fsp3) is 0.214. The zero-order chi connectivity index (χ0) is 14.7. The molecule has 1 aromatic carbocycles. The first-order chi connectivity index (χ1) is 9.55. The van der Waals surface area contributed by atoms with Gasteiger partial charge in [0, 0.05) is 17.7 Å². The van der Waals surface area contributed by atoms with Crippen molar-refractivity contribution >= 4 is 17.5 Å². The first kappa shape index (κ1) is 14.1. The van der Waals surface area contributed by atoms with Crippen LogP contribution in [0.3, 0.4) is 0 Å². The first-order valence-corrected chi connectivity index (χ1v) is 6.28. The summed E-state index contributed by atoms with van der Waals surface area (Å²) in [6.45, 7) is 1.83. The molecule has 0 aliphatic rings. The molecule has 1 heterocycles. The highest BCUT2D eigenvalue weighted by Crippen LogP contribution is 2.27. The molecule has 2 aromatic rings. The highest BCUT2D eigenvalue weighted by molar-refractivity contribution is 6.30. The van der Waals surface area contributed by atoms with Crippen LogP contribution in [0.1, 0.15) is 22.4 Å². The molecule has 20 heavy (non-hydrogen) atoms. The number of nitrogen functional groups attached to an aromatic ring is 1. The number of methoxy groups -OCH3 is 1. The maximum absolute atomic E-state index is 8.90. The molecule has 0 aliphatic carbocycles. The summed E-state index contributed by atoms with van der Waals surface area (Å²) < 4.78 is 5.30. The molecule has 2 N–H and O–H groups in total. The molecule has 0 spiro atoms. The molecule has 0 saturated heterocycles. The van der Waals surface area contributed by atoms with Crippen molar-refractivity contribution in [1.29, 1.82) is 5.26 Å². The van der Waals surface area contributed by atoms with Crippen LogP contribution >= 0.6 is 11.6 Å². The SMILES string of the molecule is COc1cc(C#N)ccc1Cc1c(C)nc(N)nc1Cl. The Morgan fingerprint density at radius 2 is 2.15 bits per heavy atom. The number of aromatic nitrogens is 2. The zero-order valence-corrected chi connectivity index (χ0v) is 11.9. The third kappa shape index (κ3) is 2.81. The van der Waals surface area contributed by atoms with Crippen LogP contribution in [0, 0.1) is 18.3 Å². The Morgan fingerprint density at radius 1 is 1.40 bits per heavy atom. The van der Waals surface area contributed by atoms with E-state index in [1.54, 1.807) is 19.2 Å². The van der Waals surface area contributed by atoms with Crippen molar-refractivity contribution in [3.63, 3.8) is 0 Å². The van der Waals surface area contributed by atoms with E-state index in [2.05, 4.69) is 16.0 Å². The topological polar surface area (TPSA) is 84.8 Å². The number of aryl methyl sites for hydroxylation is 1. The van der Waals surface area contributed by atoms with Crippen molar-refractivity contribution in [2.75, 3.05) is 12.8 Å². The Bertz CT molecular complexity index is 671. The molecule has 0 unspecified atom stereocenters. The Balaban J connectivity index is 2.43. The average molecular weight is 289 g/mol. The summed E-state index contributed by atoms with van der Waals surface area (Å²) in [5, 5.41) is 9.23. The molecule has 0 saturated carbocycles. The number of anilines is 1. The van der Waals surface area contributed by atoms with Gasteiger partial charge in [-0.05, 0) is 24.6 Å². The number of halogens is 1. The number of ether oxygens (including phenoxy) is 1. The van der Waals surface area contributed by atoms with Gasteiger partial charge >= 0.3 is 0 Å². The molecular weight excluding hydrogens is 276 g/mol. The Labute approximate surface area is 122 Å². The average Bonchev–Trinajstić information content (AvgIpc) is 2.42. The summed E-state index contributed by atoms with van der Waals surface area (Å²) in [6, 6.07) is 7.34. The van der Waals surface area contributed by atoms with Crippen LogP contribution in [-0.4, -0.2) is 17.1 Å². The Hall–Kier alpha value is -2.32. The van der Waals surface area contributed by atoms with Crippen molar-refractivity contribution in [3.8, 4) is 11.8 Å². The van der Waals surface area contributed by atoms with Crippen LogP contribution in [0.4, 0.5) is 5.95 Å². The number of benzene rings is 1. The number of hydrogen-bond donors (Lipinski definition) is 1. The summed E-state index contributed by atoms with van der Waals surface area (Å²) >= 11 is 6.11. The van der Waals surface area contributed by atoms with E-state index in [1.165, 1.54) is 0 Å². The number of nitrogens with zero attached hydrogens (tertiary/aromatic N) is 3. The molecule has 5 nitrogen and oxygen atoms in total. The lowest BCUT2D eigenvalue weighted by molar-refractivity contribution is 0.410. The predicted molar refractivity (Wildman–Crippen MR) is 76.7 cm³/mol. The normalized spacial score (nSPS) is 10.1. The van der Waals surface area contributed by atoms with Crippen LogP contribution in [-0.2, 0) is 6.42 Å². The lowest BCUT2D eigenvalue weighted by Crippen LogP contribution is -2.04. The predicted octanol–water partition coefficient (Wildman–Crippen LogP) is 2.49. The number of hydrogen-bond acceptors (Lipinski definition) is 5. The van der Waals surface area contributed by atoms with Gasteiger partial charge in [-0.1, -0.05) is 17.7 Å². The van der Waals surface area contributed by atoms with E-state index in [0.717, 1.165) is 16.8 Å². The quantitative estimate of drug-likeness (QED) is 0.877. The number of rotatable bonds is 3. The van der Waals surface area contributed by atoms with Crippen LogP contribution in [0.2, 0.25) is 5.15 Å². The minimum Gasteiger partial charge on any atom is -0.496 e. The molecule has 0 amide bonds. The van der Waals surface area contributed by atoms with E-state index in [1.807, 2.05) is 13.0 Å². The Kier molecular flexibility index (Phi) is 4.06. The summed E-state index contributed by atoms with van der Waals surface area (Å²) in [5.74, 6) is 0.791.